The highest BCUT2D eigenvalue weighted by atomic mass is 35.5. The van der Waals surface area contributed by atoms with Gasteiger partial charge in [0.1, 0.15) is 11.2 Å². The maximum Gasteiger partial charge on any atom is 0.143 e. The van der Waals surface area contributed by atoms with E-state index in [4.69, 9.17) is 16.0 Å². The number of hydrogen-bond donors (Lipinski definition) is 0. The van der Waals surface area contributed by atoms with Crippen molar-refractivity contribution in [1.82, 2.24) is 0 Å². The fourth-order valence-electron chi connectivity index (χ4n) is 5.39. The first-order valence-electron chi connectivity index (χ1n) is 10.7. The number of halogens is 1. The molecule has 0 N–H and O–H groups in total. The Morgan fingerprint density at radius 2 is 1.55 bits per heavy atom. The van der Waals surface area contributed by atoms with E-state index in [9.17, 15) is 0 Å². The van der Waals surface area contributed by atoms with Crippen LogP contribution in [0.4, 0.5) is 0 Å². The van der Waals surface area contributed by atoms with Crippen molar-refractivity contribution in [3.63, 3.8) is 0 Å². The summed E-state index contributed by atoms with van der Waals surface area (Å²) in [6, 6.07) is 23.7. The van der Waals surface area contributed by atoms with Crippen LogP contribution in [0.2, 0.25) is 5.02 Å². The Labute approximate surface area is 187 Å². The lowest BCUT2D eigenvalue weighted by Gasteiger charge is -2.22. The maximum atomic E-state index is 6.53. The molecule has 5 aromatic rings. The summed E-state index contributed by atoms with van der Waals surface area (Å²) in [5.41, 5.74) is 11.8. The van der Waals surface area contributed by atoms with E-state index < -0.39 is 0 Å². The Bertz CT molecular complexity index is 1530. The molecule has 1 aromatic heterocycles. The number of benzene rings is 4. The number of fused-ring (bicyclic) bond motifs is 7. The van der Waals surface area contributed by atoms with Crippen LogP contribution in [0.5, 0.6) is 0 Å². The van der Waals surface area contributed by atoms with Crippen molar-refractivity contribution in [3.8, 4) is 22.3 Å². The average molecular weight is 423 g/mol. The lowest BCUT2D eigenvalue weighted by Crippen LogP contribution is -2.15. The zero-order valence-electron chi connectivity index (χ0n) is 18.1. The Balaban J connectivity index is 1.83. The van der Waals surface area contributed by atoms with E-state index in [1.807, 2.05) is 12.1 Å². The molecular weight excluding hydrogens is 400 g/mol. The molecule has 152 valence electrons. The maximum absolute atomic E-state index is 6.53. The standard InChI is InChI=1S/C29H23ClO/c1-16-9-11-19(17(2)13-16)22-15-24-26(20-12-10-18(30)14-23(20)29(24,3)4)27-21-7-5-6-8-25(21)31-28(22)27/h5-15H,1-4H3. The van der Waals surface area contributed by atoms with Crippen molar-refractivity contribution in [2.24, 2.45) is 0 Å². The molecule has 0 atom stereocenters. The highest BCUT2D eigenvalue weighted by Gasteiger charge is 2.38. The number of rotatable bonds is 1. The SMILES string of the molecule is Cc1ccc(-c2cc3c(c4c2oc2ccccc24)-c2ccc(Cl)cc2C3(C)C)c(C)c1. The first kappa shape index (κ1) is 18.7. The fourth-order valence-corrected chi connectivity index (χ4v) is 5.56. The molecule has 1 aliphatic rings. The summed E-state index contributed by atoms with van der Waals surface area (Å²) in [7, 11) is 0. The fraction of sp³-hybridized carbons (Fsp3) is 0.172. The number of para-hydroxylation sites is 1. The Hall–Kier alpha value is -3.03. The van der Waals surface area contributed by atoms with Gasteiger partial charge in [-0.25, -0.2) is 0 Å². The van der Waals surface area contributed by atoms with Gasteiger partial charge >= 0.3 is 0 Å². The molecule has 0 radical (unpaired) electrons. The van der Waals surface area contributed by atoms with Crippen LogP contribution in [0.25, 0.3) is 44.2 Å². The van der Waals surface area contributed by atoms with Gasteiger partial charge in [0, 0.05) is 26.8 Å². The van der Waals surface area contributed by atoms with Crippen LogP contribution in [0.3, 0.4) is 0 Å². The quantitative estimate of drug-likeness (QED) is 0.263. The zero-order valence-corrected chi connectivity index (χ0v) is 18.9. The zero-order chi connectivity index (χ0) is 21.5. The molecule has 0 spiro atoms. The first-order chi connectivity index (χ1) is 14.9. The minimum absolute atomic E-state index is 0.143. The molecule has 2 heteroatoms. The molecule has 0 aliphatic heterocycles. The van der Waals surface area contributed by atoms with Gasteiger partial charge in [0.15, 0.2) is 0 Å². The second kappa shape index (κ2) is 6.24. The first-order valence-corrected chi connectivity index (χ1v) is 11.1. The molecule has 0 fully saturated rings. The van der Waals surface area contributed by atoms with Crippen LogP contribution in [0.1, 0.15) is 36.1 Å². The summed E-state index contributed by atoms with van der Waals surface area (Å²) >= 11 is 6.43. The van der Waals surface area contributed by atoms with Gasteiger partial charge in [0.2, 0.25) is 0 Å². The van der Waals surface area contributed by atoms with Crippen molar-refractivity contribution >= 4 is 33.5 Å². The van der Waals surface area contributed by atoms with E-state index in [1.165, 1.54) is 49.7 Å². The molecule has 1 heterocycles. The number of furan rings is 1. The molecule has 31 heavy (non-hydrogen) atoms. The third-order valence-corrected chi connectivity index (χ3v) is 7.15. The average Bonchev–Trinajstić information content (AvgIpc) is 3.22. The van der Waals surface area contributed by atoms with Gasteiger partial charge in [0.05, 0.1) is 0 Å². The minimum atomic E-state index is -0.143. The predicted octanol–water partition coefficient (Wildman–Crippen LogP) is 8.83. The molecule has 1 nitrogen and oxygen atoms in total. The van der Waals surface area contributed by atoms with Gasteiger partial charge in [0.25, 0.3) is 0 Å². The second-order valence-corrected chi connectivity index (χ2v) is 9.72. The van der Waals surface area contributed by atoms with Gasteiger partial charge in [-0.1, -0.05) is 73.5 Å². The van der Waals surface area contributed by atoms with Crippen LogP contribution in [-0.2, 0) is 5.41 Å². The third kappa shape index (κ3) is 2.50. The Morgan fingerprint density at radius 3 is 2.35 bits per heavy atom. The number of hydrogen-bond acceptors (Lipinski definition) is 1. The van der Waals surface area contributed by atoms with Crippen molar-refractivity contribution < 1.29 is 4.42 Å². The van der Waals surface area contributed by atoms with Gasteiger partial charge < -0.3 is 4.42 Å². The van der Waals surface area contributed by atoms with Crippen LogP contribution in [0.15, 0.2) is 71.1 Å². The van der Waals surface area contributed by atoms with Crippen LogP contribution in [-0.4, -0.2) is 0 Å². The van der Waals surface area contributed by atoms with Gasteiger partial charge in [-0.15, -0.1) is 0 Å². The van der Waals surface area contributed by atoms with E-state index in [0.717, 1.165) is 21.8 Å². The van der Waals surface area contributed by atoms with Crippen LogP contribution in [0, 0.1) is 13.8 Å². The van der Waals surface area contributed by atoms with E-state index in [2.05, 4.69) is 82.3 Å². The molecular formula is C29H23ClO. The molecule has 6 rings (SSSR count). The van der Waals surface area contributed by atoms with Gasteiger partial charge in [-0.2, -0.15) is 0 Å². The molecule has 0 saturated carbocycles. The van der Waals surface area contributed by atoms with Crippen molar-refractivity contribution in [3.05, 3.63) is 94.0 Å². The van der Waals surface area contributed by atoms with E-state index >= 15 is 0 Å². The molecule has 0 saturated heterocycles. The molecule has 0 bridgehead atoms. The summed E-state index contributed by atoms with van der Waals surface area (Å²) in [6.45, 7) is 8.92. The lowest BCUT2D eigenvalue weighted by molar-refractivity contribution is 0.657. The van der Waals surface area contributed by atoms with Crippen LogP contribution < -0.4 is 0 Å². The predicted molar refractivity (Wildman–Crippen MR) is 131 cm³/mol. The van der Waals surface area contributed by atoms with Crippen LogP contribution >= 0.6 is 11.6 Å². The van der Waals surface area contributed by atoms with Gasteiger partial charge in [-0.05, 0) is 71.5 Å². The van der Waals surface area contributed by atoms with E-state index in [0.29, 0.717) is 0 Å². The Morgan fingerprint density at radius 1 is 0.774 bits per heavy atom. The highest BCUT2D eigenvalue weighted by molar-refractivity contribution is 6.31. The monoisotopic (exact) mass is 422 g/mol. The normalized spacial score (nSPS) is 14.2. The summed E-state index contributed by atoms with van der Waals surface area (Å²) in [6.07, 6.45) is 0. The smallest absolute Gasteiger partial charge is 0.143 e. The number of aryl methyl sites for hydroxylation is 2. The topological polar surface area (TPSA) is 13.1 Å². The molecule has 1 aliphatic carbocycles. The van der Waals surface area contributed by atoms with Gasteiger partial charge in [-0.3, -0.25) is 0 Å². The summed E-state index contributed by atoms with van der Waals surface area (Å²) in [5.74, 6) is 0. The highest BCUT2D eigenvalue weighted by Crippen LogP contribution is 2.55. The summed E-state index contributed by atoms with van der Waals surface area (Å²) in [4.78, 5) is 0. The van der Waals surface area contributed by atoms with E-state index in [-0.39, 0.29) is 5.41 Å². The summed E-state index contributed by atoms with van der Waals surface area (Å²) < 4.78 is 6.53. The Kier molecular flexibility index (Phi) is 3.77. The molecule has 4 aromatic carbocycles. The third-order valence-electron chi connectivity index (χ3n) is 6.92. The lowest BCUT2D eigenvalue weighted by atomic mass is 9.80. The minimum Gasteiger partial charge on any atom is -0.455 e. The van der Waals surface area contributed by atoms with E-state index in [1.54, 1.807) is 0 Å². The van der Waals surface area contributed by atoms with Crippen molar-refractivity contribution in [1.29, 1.82) is 0 Å². The molecule has 0 unspecified atom stereocenters. The second-order valence-electron chi connectivity index (χ2n) is 9.28. The molecule has 0 amide bonds. The van der Waals surface area contributed by atoms with Crippen molar-refractivity contribution in [2.75, 3.05) is 0 Å². The van der Waals surface area contributed by atoms with Crippen molar-refractivity contribution in [2.45, 2.75) is 33.1 Å². The largest absolute Gasteiger partial charge is 0.455 e. The summed E-state index contributed by atoms with van der Waals surface area (Å²) in [5, 5.41) is 3.15.